The Morgan fingerprint density at radius 1 is 1.38 bits per heavy atom. The lowest BCUT2D eigenvalue weighted by Crippen LogP contribution is -2.29. The molecular weight excluding hydrogens is 400 g/mol. The first-order valence-electron chi connectivity index (χ1n) is 8.99. The highest BCUT2D eigenvalue weighted by Crippen LogP contribution is 2.35. The average molecular weight is 421 g/mol. The molecule has 0 spiro atoms. The van der Waals surface area contributed by atoms with Crippen molar-refractivity contribution in [3.8, 4) is 5.75 Å². The molecule has 1 unspecified atom stereocenters. The highest BCUT2D eigenvalue weighted by molar-refractivity contribution is 6.31. The number of esters is 1. The number of nitrogens with zero attached hydrogens (tertiary/aromatic N) is 3. The van der Waals surface area contributed by atoms with Gasteiger partial charge in [0.1, 0.15) is 17.1 Å². The fourth-order valence-electron chi connectivity index (χ4n) is 3.15. The molecule has 10 heteroatoms. The van der Waals surface area contributed by atoms with Gasteiger partial charge in [0.15, 0.2) is 0 Å². The third kappa shape index (κ3) is 4.19. The molecule has 1 aromatic heterocycles. The van der Waals surface area contributed by atoms with Gasteiger partial charge < -0.3 is 19.7 Å². The fraction of sp³-hybridized carbons (Fsp3) is 0.368. The van der Waals surface area contributed by atoms with Crippen LogP contribution in [0.25, 0.3) is 0 Å². The third-order valence-corrected chi connectivity index (χ3v) is 4.84. The van der Waals surface area contributed by atoms with Crippen molar-refractivity contribution >= 4 is 40.9 Å². The van der Waals surface area contributed by atoms with Crippen molar-refractivity contribution in [2.75, 3.05) is 30.5 Å². The second-order valence-electron chi connectivity index (χ2n) is 6.46. The minimum atomic E-state index is -0.615. The van der Waals surface area contributed by atoms with Crippen LogP contribution in [0, 0.1) is 5.92 Å². The largest absolute Gasteiger partial charge is 0.495 e. The SMILES string of the molecule is CCOC(=O)c1cnn(C)c1NC(=O)C1CC(=O)N(c2cc(Cl)ccc2OC)C1. The number of amides is 2. The van der Waals surface area contributed by atoms with E-state index in [9.17, 15) is 14.4 Å². The molecule has 2 amide bonds. The molecule has 3 rings (SSSR count). The molecule has 0 radical (unpaired) electrons. The Kier molecular flexibility index (Phi) is 6.07. The van der Waals surface area contributed by atoms with Crippen LogP contribution in [0.5, 0.6) is 5.75 Å². The van der Waals surface area contributed by atoms with Gasteiger partial charge in [-0.2, -0.15) is 5.10 Å². The van der Waals surface area contributed by atoms with E-state index in [1.54, 1.807) is 32.2 Å². The molecule has 1 aromatic carbocycles. The number of hydrogen-bond acceptors (Lipinski definition) is 6. The number of methoxy groups -OCH3 is 1. The lowest BCUT2D eigenvalue weighted by molar-refractivity contribution is -0.122. The van der Waals surface area contributed by atoms with Crippen LogP contribution >= 0.6 is 11.6 Å². The summed E-state index contributed by atoms with van der Waals surface area (Å²) in [6.45, 7) is 2.05. The van der Waals surface area contributed by atoms with Crippen LogP contribution in [0.1, 0.15) is 23.7 Å². The lowest BCUT2D eigenvalue weighted by Gasteiger charge is -2.20. The molecule has 1 atom stereocenters. The Balaban J connectivity index is 1.78. The summed E-state index contributed by atoms with van der Waals surface area (Å²) in [5.74, 6) is -1.10. The summed E-state index contributed by atoms with van der Waals surface area (Å²) in [6, 6.07) is 4.95. The van der Waals surface area contributed by atoms with Crippen LogP contribution in [0.2, 0.25) is 5.02 Å². The summed E-state index contributed by atoms with van der Waals surface area (Å²) in [4.78, 5) is 38.9. The van der Waals surface area contributed by atoms with Crippen molar-refractivity contribution < 1.29 is 23.9 Å². The summed E-state index contributed by atoms with van der Waals surface area (Å²) < 4.78 is 11.7. The first kappa shape index (κ1) is 20.7. The number of carbonyl (C=O) groups excluding carboxylic acids is 3. The molecule has 1 aliphatic rings. The van der Waals surface area contributed by atoms with Gasteiger partial charge in [0.05, 0.1) is 31.5 Å². The summed E-state index contributed by atoms with van der Waals surface area (Å²) in [6.07, 6.45) is 1.35. The van der Waals surface area contributed by atoms with Gasteiger partial charge in [0.2, 0.25) is 11.8 Å². The predicted molar refractivity (Wildman–Crippen MR) is 106 cm³/mol. The van der Waals surface area contributed by atoms with Crippen molar-refractivity contribution in [1.82, 2.24) is 9.78 Å². The van der Waals surface area contributed by atoms with Crippen molar-refractivity contribution in [2.45, 2.75) is 13.3 Å². The van der Waals surface area contributed by atoms with E-state index >= 15 is 0 Å². The molecule has 0 bridgehead atoms. The van der Waals surface area contributed by atoms with E-state index in [0.29, 0.717) is 16.5 Å². The first-order valence-corrected chi connectivity index (χ1v) is 9.37. The smallest absolute Gasteiger partial charge is 0.343 e. The van der Waals surface area contributed by atoms with Crippen molar-refractivity contribution in [2.24, 2.45) is 13.0 Å². The van der Waals surface area contributed by atoms with E-state index in [0.717, 1.165) is 0 Å². The van der Waals surface area contributed by atoms with Crippen LogP contribution in [0.4, 0.5) is 11.5 Å². The standard InChI is InChI=1S/C19H21ClN4O5/c1-4-29-19(27)13-9-21-23(2)17(13)22-18(26)11-7-16(25)24(10-11)14-8-12(20)5-6-15(14)28-3/h5-6,8-9,11H,4,7,10H2,1-3H3,(H,22,26). The number of halogens is 1. The zero-order chi connectivity index (χ0) is 21.1. The van der Waals surface area contributed by atoms with Crippen LogP contribution < -0.4 is 15.0 Å². The van der Waals surface area contributed by atoms with Gasteiger partial charge >= 0.3 is 5.97 Å². The minimum Gasteiger partial charge on any atom is -0.495 e. The van der Waals surface area contributed by atoms with Gasteiger partial charge in [-0.15, -0.1) is 0 Å². The van der Waals surface area contributed by atoms with E-state index in [-0.39, 0.29) is 36.9 Å². The van der Waals surface area contributed by atoms with Gasteiger partial charge in [0.25, 0.3) is 0 Å². The Morgan fingerprint density at radius 3 is 2.83 bits per heavy atom. The second-order valence-corrected chi connectivity index (χ2v) is 6.90. The van der Waals surface area contributed by atoms with Gasteiger partial charge in [-0.1, -0.05) is 11.6 Å². The third-order valence-electron chi connectivity index (χ3n) is 4.60. The Bertz CT molecular complexity index is 958. The number of carbonyl (C=O) groups is 3. The molecule has 154 valence electrons. The second kappa shape index (κ2) is 8.52. The van der Waals surface area contributed by atoms with Crippen molar-refractivity contribution in [3.05, 3.63) is 35.0 Å². The lowest BCUT2D eigenvalue weighted by atomic mass is 10.1. The van der Waals surface area contributed by atoms with Gasteiger partial charge in [-0.25, -0.2) is 4.79 Å². The molecule has 0 aliphatic carbocycles. The summed E-state index contributed by atoms with van der Waals surface area (Å²) in [5.41, 5.74) is 0.661. The highest BCUT2D eigenvalue weighted by Gasteiger charge is 2.37. The van der Waals surface area contributed by atoms with E-state index < -0.39 is 17.8 Å². The molecular formula is C19H21ClN4O5. The maximum Gasteiger partial charge on any atom is 0.343 e. The summed E-state index contributed by atoms with van der Waals surface area (Å²) >= 11 is 6.06. The quantitative estimate of drug-likeness (QED) is 0.719. The number of rotatable bonds is 6. The molecule has 1 aliphatic heterocycles. The number of aromatic nitrogens is 2. The molecule has 2 aromatic rings. The molecule has 29 heavy (non-hydrogen) atoms. The maximum absolute atomic E-state index is 12.8. The van der Waals surface area contributed by atoms with E-state index in [2.05, 4.69) is 10.4 Å². The van der Waals surface area contributed by atoms with E-state index in [4.69, 9.17) is 21.1 Å². The topological polar surface area (TPSA) is 103 Å². The number of aryl methyl sites for hydroxylation is 1. The van der Waals surface area contributed by atoms with Crippen molar-refractivity contribution in [1.29, 1.82) is 0 Å². The summed E-state index contributed by atoms with van der Waals surface area (Å²) in [7, 11) is 3.10. The van der Waals surface area contributed by atoms with Gasteiger partial charge in [-0.3, -0.25) is 14.3 Å². The minimum absolute atomic E-state index is 0.0219. The number of benzene rings is 1. The average Bonchev–Trinajstić information content (AvgIpc) is 3.25. The summed E-state index contributed by atoms with van der Waals surface area (Å²) in [5, 5.41) is 7.15. The molecule has 9 nitrogen and oxygen atoms in total. The predicted octanol–water partition coefficient (Wildman–Crippen LogP) is 2.25. The number of hydrogen-bond donors (Lipinski definition) is 1. The fourth-order valence-corrected chi connectivity index (χ4v) is 3.32. The monoisotopic (exact) mass is 420 g/mol. The number of ether oxygens (including phenoxy) is 2. The molecule has 1 N–H and O–H groups in total. The Hall–Kier alpha value is -3.07. The molecule has 0 saturated carbocycles. The Morgan fingerprint density at radius 2 is 2.14 bits per heavy atom. The van der Waals surface area contributed by atoms with Crippen molar-refractivity contribution in [3.63, 3.8) is 0 Å². The van der Waals surface area contributed by atoms with E-state index in [1.807, 2.05) is 0 Å². The zero-order valence-electron chi connectivity index (χ0n) is 16.3. The van der Waals surface area contributed by atoms with Crippen LogP contribution in [0.15, 0.2) is 24.4 Å². The molecule has 1 fully saturated rings. The van der Waals surface area contributed by atoms with Crippen LogP contribution in [-0.2, 0) is 21.4 Å². The maximum atomic E-state index is 12.8. The van der Waals surface area contributed by atoms with E-state index in [1.165, 1.54) is 22.9 Å². The Labute approximate surface area is 172 Å². The van der Waals surface area contributed by atoms with Crippen LogP contribution in [-0.4, -0.2) is 47.8 Å². The molecule has 2 heterocycles. The molecule has 1 saturated heterocycles. The van der Waals surface area contributed by atoms with Gasteiger partial charge in [-0.05, 0) is 25.1 Å². The highest BCUT2D eigenvalue weighted by atomic mass is 35.5. The normalized spacial score (nSPS) is 16.1. The van der Waals surface area contributed by atoms with Gasteiger partial charge in [0, 0.05) is 25.0 Å². The van der Waals surface area contributed by atoms with Crippen LogP contribution in [0.3, 0.4) is 0 Å². The number of nitrogens with one attached hydrogen (secondary N) is 1. The first-order chi connectivity index (χ1) is 13.8. The zero-order valence-corrected chi connectivity index (χ0v) is 17.0. The number of anilines is 2.